The van der Waals surface area contributed by atoms with Gasteiger partial charge in [-0.15, -0.1) is 0 Å². The van der Waals surface area contributed by atoms with E-state index in [-0.39, 0.29) is 138 Å². The van der Waals surface area contributed by atoms with Gasteiger partial charge >= 0.3 is 16.8 Å². The largest absolute Gasteiger partial charge is 2.00 e. The van der Waals surface area contributed by atoms with E-state index in [0.29, 0.717) is 12.8 Å². The van der Waals surface area contributed by atoms with Crippen LogP contribution in [0.3, 0.4) is 0 Å². The minimum Gasteiger partial charge on any atom is -0.550 e. The summed E-state index contributed by atoms with van der Waals surface area (Å²) in [6.45, 7) is 7.89. The van der Waals surface area contributed by atoms with Crippen LogP contribution in [0.1, 0.15) is 79.1 Å². The van der Waals surface area contributed by atoms with Crippen LogP contribution < -0.4 is 10.2 Å². The number of carbonyl (C=O) groups excluding carboxylic acids is 2. The molecule has 0 saturated carbocycles. The Balaban J connectivity index is -0.00000000498. The first kappa shape index (κ1) is 214. The molecule has 2 atom stereocenters. The van der Waals surface area contributed by atoms with Crippen molar-refractivity contribution in [2.45, 2.75) is 79.1 Å². The molecule has 0 aromatic heterocycles. The molecule has 0 bridgehead atoms. The minimum atomic E-state index is -0.893. The van der Waals surface area contributed by atoms with Crippen molar-refractivity contribution in [1.82, 2.24) is 0 Å². The minimum absolute atomic E-state index is 0. The molecule has 40 N–H and O–H groups in total. The Morgan fingerprint density at radius 3 is 0.634 bits per heavy atom. The summed E-state index contributed by atoms with van der Waals surface area (Å²) in [5.41, 5.74) is 0. The summed E-state index contributed by atoms with van der Waals surface area (Å²) in [7, 11) is 0. The molecule has 0 fully saturated rings. The van der Waals surface area contributed by atoms with Gasteiger partial charge in [0.15, 0.2) is 0 Å². The third-order valence-corrected chi connectivity index (χ3v) is 3.46. The van der Waals surface area contributed by atoms with Crippen LogP contribution in [0.5, 0.6) is 0 Å². The fourth-order valence-electron chi connectivity index (χ4n) is 1.88. The summed E-state index contributed by atoms with van der Waals surface area (Å²) >= 11 is 0. The predicted molar refractivity (Wildman–Crippen MR) is 149 cm³/mol. The van der Waals surface area contributed by atoms with Crippen LogP contribution in [-0.2, 0) is 26.4 Å². The second kappa shape index (κ2) is 158. The molecule has 0 aromatic carbocycles. The molecule has 0 aliphatic carbocycles. The van der Waals surface area contributed by atoms with Gasteiger partial charge in [0.1, 0.15) is 0 Å². The summed E-state index contributed by atoms with van der Waals surface area (Å²) in [5.74, 6) is -2.23. The smallest absolute Gasteiger partial charge is 0.550 e. The van der Waals surface area contributed by atoms with Gasteiger partial charge in [-0.2, -0.15) is 0 Å². The van der Waals surface area contributed by atoms with Crippen molar-refractivity contribution >= 4 is 11.9 Å². The van der Waals surface area contributed by atoms with E-state index in [4.69, 9.17) is 0 Å². The average Bonchev–Trinajstić information content (AvgIpc) is 2.40. The van der Waals surface area contributed by atoms with Gasteiger partial charge in [0.05, 0.1) is 0 Å². The molecule has 0 saturated heterocycles. The van der Waals surface area contributed by atoms with Crippen molar-refractivity contribution in [3.05, 3.63) is 0 Å². The van der Waals surface area contributed by atoms with Crippen LogP contribution >= 0.6 is 0 Å². The number of aliphatic carboxylic acids is 2. The molecule has 41 heavy (non-hydrogen) atoms. The van der Waals surface area contributed by atoms with Crippen LogP contribution in [0.25, 0.3) is 0 Å². The zero-order chi connectivity index (χ0) is 16.0. The molecule has 0 aromatic rings. The molecule has 287 valence electrons. The van der Waals surface area contributed by atoms with E-state index in [0.717, 1.165) is 38.5 Å². The molecule has 0 aliphatic rings. The second-order valence-electron chi connectivity index (χ2n) is 5.13. The Morgan fingerprint density at radius 2 is 0.561 bits per heavy atom. The quantitative estimate of drug-likeness (QED) is 0.214. The van der Waals surface area contributed by atoms with Gasteiger partial charge in [0, 0.05) is 11.9 Å². The maximum Gasteiger partial charge on any atom is 2.00 e. The fraction of sp³-hybridized carbons (Fsp3) is 0.875. The summed E-state index contributed by atoms with van der Waals surface area (Å²) in [4.78, 5) is 20.7. The maximum atomic E-state index is 10.3. The molecule has 2 unspecified atom stereocenters. The maximum absolute atomic E-state index is 10.3. The number of carbonyl (C=O) groups is 2. The topological polar surface area (TPSA) is 710 Å². The van der Waals surface area contributed by atoms with Crippen LogP contribution in [-0.4, -0.2) is 121 Å². The van der Waals surface area contributed by atoms with Crippen LogP contribution in [0.15, 0.2) is 0 Å². The van der Waals surface area contributed by atoms with Gasteiger partial charge in [0.2, 0.25) is 0 Å². The van der Waals surface area contributed by atoms with E-state index in [1.165, 1.54) is 0 Å². The van der Waals surface area contributed by atoms with E-state index < -0.39 is 11.9 Å². The van der Waals surface area contributed by atoms with Gasteiger partial charge < -0.3 is 129 Å². The first-order valence-corrected chi connectivity index (χ1v) is 7.86. The van der Waals surface area contributed by atoms with Crippen LogP contribution in [0, 0.1) is 11.8 Å². The van der Waals surface area contributed by atoms with E-state index in [1.54, 1.807) is 0 Å². The Bertz CT molecular complexity index is 256. The van der Waals surface area contributed by atoms with Crippen LogP contribution in [0.4, 0.5) is 0 Å². The van der Waals surface area contributed by atoms with Crippen molar-refractivity contribution in [3.8, 4) is 0 Å². The first-order chi connectivity index (χ1) is 9.44. The first-order valence-electron chi connectivity index (χ1n) is 7.86. The number of carboxylic acids is 2. The molecule has 24 nitrogen and oxygen atoms in total. The molecule has 0 amide bonds. The summed E-state index contributed by atoms with van der Waals surface area (Å²) in [6.07, 6.45) is 7.04. The van der Waals surface area contributed by atoms with Gasteiger partial charge in [-0.05, 0) is 37.5 Å². The van der Waals surface area contributed by atoms with Crippen LogP contribution in [0.2, 0.25) is 0 Å². The molecule has 25 heteroatoms. The summed E-state index contributed by atoms with van der Waals surface area (Å²) < 4.78 is 0. The third-order valence-electron chi connectivity index (χ3n) is 3.46. The van der Waals surface area contributed by atoms with Gasteiger partial charge in [-0.25, -0.2) is 0 Å². The summed E-state index contributed by atoms with van der Waals surface area (Å²) in [5, 5.41) is 20.7. The Kier molecular flexibility index (Phi) is 821. The van der Waals surface area contributed by atoms with E-state index in [1.807, 2.05) is 13.8 Å². The predicted octanol–water partition coefficient (Wildman–Crippen LogP) is -14.6. The number of rotatable bonds is 10. The Morgan fingerprint density at radius 1 is 0.415 bits per heavy atom. The Labute approximate surface area is 249 Å². The third kappa shape index (κ3) is 149. The summed E-state index contributed by atoms with van der Waals surface area (Å²) in [6, 6.07) is 0. The van der Waals surface area contributed by atoms with Gasteiger partial charge in [0.25, 0.3) is 0 Å². The molecular formula is C16H70CoO24. The van der Waals surface area contributed by atoms with Crippen molar-refractivity contribution in [1.29, 1.82) is 0 Å². The standard InChI is InChI=1S/2C8H16O2.Co.20H2O/c2*1-3-5-6-7(4-2)8(9)10;;;;;;;;;;;;;;;;;;;;;/h2*7H,3-6H2,1-2H3,(H,9,10);;20*1H2/q;;+2;;;;;;;;;;;;;;;;;;;;/p-2. The fourth-order valence-corrected chi connectivity index (χ4v) is 1.88. The van der Waals surface area contributed by atoms with Crippen molar-refractivity contribution in [2.24, 2.45) is 11.8 Å². The van der Waals surface area contributed by atoms with Crippen molar-refractivity contribution in [3.63, 3.8) is 0 Å². The number of hydrogen-bond acceptors (Lipinski definition) is 4. The second-order valence-corrected chi connectivity index (χ2v) is 5.13. The van der Waals surface area contributed by atoms with Crippen molar-refractivity contribution < 1.29 is 146 Å². The normalized spacial score (nSPS) is 6.34. The number of unbranched alkanes of at least 4 members (excludes halogenated alkanes) is 2. The zero-order valence-corrected chi connectivity index (χ0v) is 24.8. The van der Waals surface area contributed by atoms with Gasteiger partial charge in [-0.1, -0.05) is 53.4 Å². The van der Waals surface area contributed by atoms with Gasteiger partial charge in [-0.3, -0.25) is 0 Å². The van der Waals surface area contributed by atoms with E-state index in [2.05, 4.69) is 13.8 Å². The number of carboxylic acid groups (broad SMARTS) is 2. The van der Waals surface area contributed by atoms with E-state index >= 15 is 0 Å². The molecule has 0 rings (SSSR count). The molecule has 0 spiro atoms. The molecule has 0 heterocycles. The molecule has 1 radical (unpaired) electrons. The molecular weight excluding hydrogens is 635 g/mol. The number of hydrogen-bond donors (Lipinski definition) is 0. The zero-order valence-electron chi connectivity index (χ0n) is 23.8. The average molecular weight is 706 g/mol. The van der Waals surface area contributed by atoms with E-state index in [9.17, 15) is 19.8 Å². The SMILES string of the molecule is CCCCC(CC)C(=O)[O-].CCCCC(CC)C(=O)[O-].O.O.O.O.O.O.O.O.O.O.O.O.O.O.O.O.O.O.O.O.[Co+2]. The van der Waals surface area contributed by atoms with Crippen molar-refractivity contribution in [2.75, 3.05) is 0 Å². The Hall–Kier alpha value is -1.35. The monoisotopic (exact) mass is 705 g/mol. The molecule has 0 aliphatic heterocycles.